The van der Waals surface area contributed by atoms with Gasteiger partial charge in [0, 0.05) is 17.6 Å². The Morgan fingerprint density at radius 2 is 2.00 bits per heavy atom. The summed E-state index contributed by atoms with van der Waals surface area (Å²) in [4.78, 5) is 2.27. The molecule has 1 aliphatic heterocycles. The van der Waals surface area contributed by atoms with Crippen LogP contribution in [0.4, 0.5) is 4.39 Å². The molecule has 2 nitrogen and oxygen atoms in total. The summed E-state index contributed by atoms with van der Waals surface area (Å²) in [6.07, 6.45) is 2.01. The van der Waals surface area contributed by atoms with Crippen LogP contribution in [-0.4, -0.2) is 24.0 Å². The molecule has 1 fully saturated rings. The minimum atomic E-state index is -0.229. The molecule has 2 N–H and O–H groups in total. The van der Waals surface area contributed by atoms with Crippen LogP contribution in [0.3, 0.4) is 0 Å². The molecule has 0 amide bonds. The zero-order valence-electron chi connectivity index (χ0n) is 9.53. The van der Waals surface area contributed by atoms with Gasteiger partial charge in [-0.05, 0) is 49.7 Å². The van der Waals surface area contributed by atoms with E-state index in [0.29, 0.717) is 17.6 Å². The van der Waals surface area contributed by atoms with Crippen LogP contribution in [0.25, 0.3) is 0 Å². The number of hydrogen-bond donors (Lipinski definition) is 1. The monoisotopic (exact) mass is 278 g/mol. The average Bonchev–Trinajstić information content (AvgIpc) is 2.27. The first-order chi connectivity index (χ1) is 7.65. The summed E-state index contributed by atoms with van der Waals surface area (Å²) in [5.41, 5.74) is 6.69. The number of rotatable bonds is 2. The van der Waals surface area contributed by atoms with Crippen molar-refractivity contribution < 1.29 is 4.39 Å². The van der Waals surface area contributed by atoms with Crippen LogP contribution in [0.15, 0.2) is 18.2 Å². The maximum atomic E-state index is 13.1. The largest absolute Gasteiger partial charge is 0.328 e. The maximum Gasteiger partial charge on any atom is 0.123 e. The summed E-state index contributed by atoms with van der Waals surface area (Å²) in [7, 11) is 0. The molecule has 0 unspecified atom stereocenters. The summed E-state index contributed by atoms with van der Waals surface area (Å²) < 4.78 is 13.1. The smallest absolute Gasteiger partial charge is 0.123 e. The summed E-state index contributed by atoms with van der Waals surface area (Å²) in [5, 5.41) is 0.635. The van der Waals surface area contributed by atoms with Crippen molar-refractivity contribution in [1.29, 1.82) is 0 Å². The van der Waals surface area contributed by atoms with E-state index in [9.17, 15) is 4.39 Å². The van der Waals surface area contributed by atoms with E-state index < -0.39 is 0 Å². The van der Waals surface area contributed by atoms with Crippen molar-refractivity contribution in [3.8, 4) is 0 Å². The third-order valence-electron chi connectivity index (χ3n) is 3.03. The Bertz CT molecular complexity index is 366. The Labute approximate surface area is 112 Å². The van der Waals surface area contributed by atoms with Crippen LogP contribution >= 0.6 is 24.0 Å². The zero-order chi connectivity index (χ0) is 11.5. The number of benzene rings is 1. The third kappa shape index (κ3) is 4.11. The first kappa shape index (κ1) is 14.7. The van der Waals surface area contributed by atoms with Crippen LogP contribution in [0.1, 0.15) is 18.4 Å². The van der Waals surface area contributed by atoms with Gasteiger partial charge in [-0.25, -0.2) is 4.39 Å². The highest BCUT2D eigenvalue weighted by Crippen LogP contribution is 2.20. The normalized spacial score (nSPS) is 17.8. The molecule has 1 heterocycles. The van der Waals surface area contributed by atoms with Gasteiger partial charge < -0.3 is 5.73 Å². The molecule has 0 saturated carbocycles. The summed E-state index contributed by atoms with van der Waals surface area (Å²) in [5.74, 6) is -0.229. The van der Waals surface area contributed by atoms with Crippen molar-refractivity contribution >= 4 is 24.0 Å². The van der Waals surface area contributed by atoms with E-state index in [-0.39, 0.29) is 18.2 Å². The lowest BCUT2D eigenvalue weighted by molar-refractivity contribution is 0.205. The van der Waals surface area contributed by atoms with Gasteiger partial charge >= 0.3 is 0 Å². The second-order valence-corrected chi connectivity index (χ2v) is 4.76. The minimum absolute atomic E-state index is 0. The molecule has 1 saturated heterocycles. The van der Waals surface area contributed by atoms with E-state index in [1.807, 2.05) is 0 Å². The Kier molecular flexibility index (Phi) is 5.67. The van der Waals surface area contributed by atoms with Crippen molar-refractivity contribution in [2.75, 3.05) is 13.1 Å². The molecule has 96 valence electrons. The molecular weight excluding hydrogens is 262 g/mol. The van der Waals surface area contributed by atoms with Crippen molar-refractivity contribution in [3.05, 3.63) is 34.6 Å². The lowest BCUT2D eigenvalue weighted by Crippen LogP contribution is -2.39. The number of nitrogens with zero attached hydrogens (tertiary/aromatic N) is 1. The minimum Gasteiger partial charge on any atom is -0.328 e. The van der Waals surface area contributed by atoms with Gasteiger partial charge in [0.2, 0.25) is 0 Å². The fourth-order valence-corrected chi connectivity index (χ4v) is 2.19. The number of hydrogen-bond acceptors (Lipinski definition) is 2. The van der Waals surface area contributed by atoms with Crippen LogP contribution < -0.4 is 5.73 Å². The molecule has 1 aliphatic rings. The number of nitrogens with two attached hydrogens (primary N) is 1. The molecule has 1 aromatic carbocycles. The van der Waals surface area contributed by atoms with Crippen molar-refractivity contribution in [3.63, 3.8) is 0 Å². The highest BCUT2D eigenvalue weighted by molar-refractivity contribution is 6.31. The van der Waals surface area contributed by atoms with Crippen molar-refractivity contribution in [2.24, 2.45) is 5.73 Å². The predicted octanol–water partition coefficient (Wildman–Crippen LogP) is 2.82. The zero-order valence-corrected chi connectivity index (χ0v) is 11.1. The Balaban J connectivity index is 0.00000144. The van der Waals surface area contributed by atoms with Crippen molar-refractivity contribution in [2.45, 2.75) is 25.4 Å². The number of halogens is 3. The molecule has 0 aromatic heterocycles. The lowest BCUT2D eigenvalue weighted by atomic mass is 10.1. The Morgan fingerprint density at radius 1 is 1.35 bits per heavy atom. The fraction of sp³-hybridized carbons (Fsp3) is 0.500. The van der Waals surface area contributed by atoms with Gasteiger partial charge in [-0.15, -0.1) is 12.4 Å². The van der Waals surface area contributed by atoms with Crippen LogP contribution in [-0.2, 0) is 6.54 Å². The molecule has 1 aromatic rings. The molecule has 5 heteroatoms. The van der Waals surface area contributed by atoms with Gasteiger partial charge in [0.05, 0.1) is 0 Å². The second kappa shape index (κ2) is 6.55. The average molecular weight is 279 g/mol. The predicted molar refractivity (Wildman–Crippen MR) is 71.1 cm³/mol. The van der Waals surface area contributed by atoms with E-state index in [1.165, 1.54) is 12.1 Å². The van der Waals surface area contributed by atoms with Crippen LogP contribution in [0.2, 0.25) is 5.02 Å². The molecule has 0 bridgehead atoms. The van der Waals surface area contributed by atoms with Crippen LogP contribution in [0.5, 0.6) is 0 Å². The van der Waals surface area contributed by atoms with E-state index >= 15 is 0 Å². The summed E-state index contributed by atoms with van der Waals surface area (Å²) >= 11 is 6.03. The topological polar surface area (TPSA) is 29.3 Å². The Hall–Kier alpha value is -0.350. The van der Waals surface area contributed by atoms with Gasteiger partial charge in [0.25, 0.3) is 0 Å². The summed E-state index contributed by atoms with van der Waals surface area (Å²) in [6, 6.07) is 4.83. The quantitative estimate of drug-likeness (QED) is 0.902. The van der Waals surface area contributed by atoms with Gasteiger partial charge in [-0.1, -0.05) is 11.6 Å². The Morgan fingerprint density at radius 3 is 2.65 bits per heavy atom. The molecule has 2 rings (SSSR count). The molecular formula is C12H17Cl2FN2. The number of piperidine rings is 1. The SMILES string of the molecule is Cl.NC1CCN(Cc2cc(F)ccc2Cl)CC1. The lowest BCUT2D eigenvalue weighted by Gasteiger charge is -2.30. The highest BCUT2D eigenvalue weighted by atomic mass is 35.5. The first-order valence-electron chi connectivity index (χ1n) is 5.57. The standard InChI is InChI=1S/C12H16ClFN2.ClH/c13-12-2-1-10(14)7-9(12)8-16-5-3-11(15)4-6-16;/h1-2,7,11H,3-6,8,15H2;1H. The fourth-order valence-electron chi connectivity index (χ4n) is 2.02. The van der Waals surface area contributed by atoms with E-state index in [0.717, 1.165) is 31.5 Å². The molecule has 0 radical (unpaired) electrons. The maximum absolute atomic E-state index is 13.1. The molecule has 0 atom stereocenters. The molecule has 0 spiro atoms. The third-order valence-corrected chi connectivity index (χ3v) is 3.40. The number of likely N-dealkylation sites (tertiary alicyclic amines) is 1. The van der Waals surface area contributed by atoms with Gasteiger partial charge in [-0.2, -0.15) is 0 Å². The molecule has 17 heavy (non-hydrogen) atoms. The highest BCUT2D eigenvalue weighted by Gasteiger charge is 2.16. The summed E-state index contributed by atoms with van der Waals surface area (Å²) in [6.45, 7) is 2.64. The van der Waals surface area contributed by atoms with E-state index in [4.69, 9.17) is 17.3 Å². The van der Waals surface area contributed by atoms with Gasteiger partial charge in [0.15, 0.2) is 0 Å². The molecule has 0 aliphatic carbocycles. The van der Waals surface area contributed by atoms with Gasteiger partial charge in [-0.3, -0.25) is 4.90 Å². The van der Waals surface area contributed by atoms with Gasteiger partial charge in [0.1, 0.15) is 5.82 Å². The van der Waals surface area contributed by atoms with Crippen molar-refractivity contribution in [1.82, 2.24) is 4.90 Å². The second-order valence-electron chi connectivity index (χ2n) is 4.35. The van der Waals surface area contributed by atoms with E-state index in [2.05, 4.69) is 4.90 Å². The van der Waals surface area contributed by atoms with Crippen LogP contribution in [0, 0.1) is 5.82 Å². The van der Waals surface area contributed by atoms with E-state index in [1.54, 1.807) is 6.07 Å². The first-order valence-corrected chi connectivity index (χ1v) is 5.95.